The number of alkyl carbamates (subject to hydrolysis) is 1. The van der Waals surface area contributed by atoms with Crippen molar-refractivity contribution in [3.8, 4) is 11.1 Å². The van der Waals surface area contributed by atoms with E-state index >= 15 is 0 Å². The van der Waals surface area contributed by atoms with Gasteiger partial charge in [0.05, 0.1) is 12.2 Å². The molecule has 10 nitrogen and oxygen atoms in total. The number of ether oxygens (including phenoxy) is 1. The Morgan fingerprint density at radius 1 is 1.03 bits per heavy atom. The minimum Gasteiger partial charge on any atom is -0.481 e. The first-order valence-corrected chi connectivity index (χ1v) is 11.9. The predicted molar refractivity (Wildman–Crippen MR) is 120 cm³/mol. The van der Waals surface area contributed by atoms with Crippen LogP contribution < -0.4 is 15.4 Å². The van der Waals surface area contributed by atoms with Gasteiger partial charge in [0.1, 0.15) is 12.6 Å². The molecule has 1 atom stereocenters. The van der Waals surface area contributed by atoms with Gasteiger partial charge in [-0.2, -0.15) is 0 Å². The molecule has 176 valence electrons. The zero-order valence-electron chi connectivity index (χ0n) is 17.9. The molecule has 33 heavy (non-hydrogen) atoms. The van der Waals surface area contributed by atoms with Gasteiger partial charge in [-0.15, -0.1) is 0 Å². The van der Waals surface area contributed by atoms with Gasteiger partial charge < -0.3 is 20.5 Å². The SMILES string of the molecule is CNS(=O)(=O)CCNC(=O)C(CC(=O)O)NC(=O)OCC1c2ccccc2-c2ccccc21. The lowest BCUT2D eigenvalue weighted by molar-refractivity contribution is -0.139. The predicted octanol–water partition coefficient (Wildman–Crippen LogP) is 1.03. The van der Waals surface area contributed by atoms with E-state index in [0.717, 1.165) is 22.3 Å². The van der Waals surface area contributed by atoms with E-state index < -0.39 is 40.5 Å². The van der Waals surface area contributed by atoms with Crippen LogP contribution in [0.1, 0.15) is 23.5 Å². The van der Waals surface area contributed by atoms with E-state index in [1.165, 1.54) is 7.05 Å². The van der Waals surface area contributed by atoms with Gasteiger partial charge in [-0.3, -0.25) is 9.59 Å². The third-order valence-corrected chi connectivity index (χ3v) is 6.68. The molecular weight excluding hydrogens is 450 g/mol. The first kappa shape index (κ1) is 24.2. The molecule has 1 aliphatic rings. The average molecular weight is 476 g/mol. The van der Waals surface area contributed by atoms with Gasteiger partial charge >= 0.3 is 12.1 Å². The number of amides is 2. The summed E-state index contributed by atoms with van der Waals surface area (Å²) in [7, 11) is -2.31. The highest BCUT2D eigenvalue weighted by Crippen LogP contribution is 2.44. The van der Waals surface area contributed by atoms with E-state index in [2.05, 4.69) is 15.4 Å². The summed E-state index contributed by atoms with van der Waals surface area (Å²) in [4.78, 5) is 35.8. The van der Waals surface area contributed by atoms with Crippen molar-refractivity contribution in [2.45, 2.75) is 18.4 Å². The number of aliphatic carboxylic acids is 1. The molecule has 0 fully saturated rings. The number of rotatable bonds is 10. The van der Waals surface area contributed by atoms with Crippen LogP contribution in [0.4, 0.5) is 4.79 Å². The van der Waals surface area contributed by atoms with Crippen molar-refractivity contribution in [2.24, 2.45) is 0 Å². The van der Waals surface area contributed by atoms with E-state index in [4.69, 9.17) is 9.84 Å². The monoisotopic (exact) mass is 475 g/mol. The number of carbonyl (C=O) groups excluding carboxylic acids is 2. The summed E-state index contributed by atoms with van der Waals surface area (Å²) < 4.78 is 30.3. The number of carbonyl (C=O) groups is 3. The first-order valence-electron chi connectivity index (χ1n) is 10.2. The van der Waals surface area contributed by atoms with Crippen LogP contribution in [-0.2, 0) is 24.3 Å². The Morgan fingerprint density at radius 2 is 1.61 bits per heavy atom. The highest BCUT2D eigenvalue weighted by Gasteiger charge is 2.30. The lowest BCUT2D eigenvalue weighted by Crippen LogP contribution is -2.49. The maximum Gasteiger partial charge on any atom is 0.407 e. The number of fused-ring (bicyclic) bond motifs is 3. The molecule has 0 aliphatic heterocycles. The van der Waals surface area contributed by atoms with E-state index in [1.54, 1.807) is 0 Å². The van der Waals surface area contributed by atoms with Crippen LogP contribution in [0.3, 0.4) is 0 Å². The summed E-state index contributed by atoms with van der Waals surface area (Å²) in [6.45, 7) is -0.244. The van der Waals surface area contributed by atoms with Gasteiger partial charge in [0.25, 0.3) is 0 Å². The van der Waals surface area contributed by atoms with Crippen LogP contribution in [0.25, 0.3) is 11.1 Å². The minimum absolute atomic E-state index is 0.00167. The molecule has 0 aromatic heterocycles. The van der Waals surface area contributed by atoms with Crippen LogP contribution in [0.15, 0.2) is 48.5 Å². The Hall–Kier alpha value is -3.44. The third kappa shape index (κ3) is 6.08. The fourth-order valence-electron chi connectivity index (χ4n) is 3.70. The third-order valence-electron chi connectivity index (χ3n) is 5.31. The molecule has 0 radical (unpaired) electrons. The standard InChI is InChI=1S/C22H25N3O7S/c1-23-33(30,31)11-10-24-21(28)19(12-20(26)27)25-22(29)32-13-18-16-8-4-2-6-14(16)15-7-3-5-9-17(15)18/h2-9,18-19,23H,10-13H2,1H3,(H,24,28)(H,25,29)(H,26,27). The van der Waals surface area contributed by atoms with Crippen molar-refractivity contribution in [1.82, 2.24) is 15.4 Å². The van der Waals surface area contributed by atoms with Crippen LogP contribution in [-0.4, -0.2) is 63.5 Å². The number of nitrogens with one attached hydrogen (secondary N) is 3. The van der Waals surface area contributed by atoms with Gasteiger partial charge in [-0.05, 0) is 29.3 Å². The molecule has 2 aromatic carbocycles. The molecular formula is C22H25N3O7S. The Morgan fingerprint density at radius 3 is 2.15 bits per heavy atom. The first-order chi connectivity index (χ1) is 15.7. The molecule has 2 amide bonds. The summed E-state index contributed by atoms with van der Waals surface area (Å²) in [5, 5.41) is 13.7. The summed E-state index contributed by atoms with van der Waals surface area (Å²) in [6.07, 6.45) is -1.63. The Balaban J connectivity index is 1.62. The van der Waals surface area contributed by atoms with Crippen molar-refractivity contribution in [2.75, 3.05) is 26.0 Å². The maximum atomic E-state index is 12.4. The normalized spacial score (nSPS) is 13.5. The lowest BCUT2D eigenvalue weighted by Gasteiger charge is -2.18. The molecule has 11 heteroatoms. The quantitative estimate of drug-likeness (QED) is 0.401. The number of sulfonamides is 1. The number of carboxylic acids is 1. The molecule has 0 saturated heterocycles. The molecule has 1 aliphatic carbocycles. The van der Waals surface area contributed by atoms with Gasteiger partial charge in [-0.1, -0.05) is 48.5 Å². The highest BCUT2D eigenvalue weighted by molar-refractivity contribution is 7.89. The van der Waals surface area contributed by atoms with Crippen LogP contribution in [0.5, 0.6) is 0 Å². The second-order valence-corrected chi connectivity index (χ2v) is 9.48. The summed E-state index contributed by atoms with van der Waals surface area (Å²) in [5.41, 5.74) is 4.14. The molecule has 0 spiro atoms. The minimum atomic E-state index is -3.55. The Bertz CT molecular complexity index is 1100. The molecule has 0 heterocycles. The zero-order valence-corrected chi connectivity index (χ0v) is 18.7. The van der Waals surface area contributed by atoms with Crippen molar-refractivity contribution < 1.29 is 32.6 Å². The second-order valence-electron chi connectivity index (χ2n) is 7.43. The zero-order chi connectivity index (χ0) is 24.0. The highest BCUT2D eigenvalue weighted by atomic mass is 32.2. The van der Waals surface area contributed by atoms with Crippen molar-refractivity contribution in [3.05, 3.63) is 59.7 Å². The van der Waals surface area contributed by atoms with Crippen molar-refractivity contribution >= 4 is 28.0 Å². The topological polar surface area (TPSA) is 151 Å². The molecule has 1 unspecified atom stereocenters. The van der Waals surface area contributed by atoms with Crippen LogP contribution >= 0.6 is 0 Å². The Kier molecular flexibility index (Phi) is 7.67. The largest absolute Gasteiger partial charge is 0.481 e. The molecule has 4 N–H and O–H groups in total. The maximum absolute atomic E-state index is 12.4. The smallest absolute Gasteiger partial charge is 0.407 e. The van der Waals surface area contributed by atoms with E-state index in [-0.39, 0.29) is 24.8 Å². The van der Waals surface area contributed by atoms with E-state index in [9.17, 15) is 22.8 Å². The van der Waals surface area contributed by atoms with Gasteiger partial charge in [-0.25, -0.2) is 17.9 Å². The van der Waals surface area contributed by atoms with Gasteiger partial charge in [0.2, 0.25) is 15.9 Å². The van der Waals surface area contributed by atoms with Crippen molar-refractivity contribution in [3.63, 3.8) is 0 Å². The number of benzene rings is 2. The number of carboxylic acid groups (broad SMARTS) is 1. The fraction of sp³-hybridized carbons (Fsp3) is 0.318. The molecule has 0 saturated carbocycles. The number of hydrogen-bond donors (Lipinski definition) is 4. The van der Waals surface area contributed by atoms with Gasteiger partial charge in [0, 0.05) is 12.5 Å². The average Bonchev–Trinajstić information content (AvgIpc) is 3.10. The van der Waals surface area contributed by atoms with Crippen molar-refractivity contribution in [1.29, 1.82) is 0 Å². The Labute approximate surface area is 191 Å². The molecule has 2 aromatic rings. The van der Waals surface area contributed by atoms with E-state index in [0.29, 0.717) is 0 Å². The summed E-state index contributed by atoms with van der Waals surface area (Å²) in [6, 6.07) is 14.2. The summed E-state index contributed by atoms with van der Waals surface area (Å²) in [5.74, 6) is -2.71. The number of hydrogen-bond acceptors (Lipinski definition) is 6. The second kappa shape index (κ2) is 10.5. The van der Waals surface area contributed by atoms with Crippen LogP contribution in [0.2, 0.25) is 0 Å². The molecule has 0 bridgehead atoms. The lowest BCUT2D eigenvalue weighted by atomic mass is 9.98. The van der Waals surface area contributed by atoms with Gasteiger partial charge in [0.15, 0.2) is 0 Å². The fourth-order valence-corrected chi connectivity index (χ4v) is 4.28. The summed E-state index contributed by atoms with van der Waals surface area (Å²) >= 11 is 0. The van der Waals surface area contributed by atoms with Crippen LogP contribution in [0, 0.1) is 0 Å². The molecule has 3 rings (SSSR count). The van der Waals surface area contributed by atoms with E-state index in [1.807, 2.05) is 48.5 Å².